The SMILES string of the molecule is CC.CN=C(C1=C(C)OC(N)=C(C#N)C1c1ccc(-n2ccnc2)cc1)c1cncnc1. The third-order valence-corrected chi connectivity index (χ3v) is 4.95. The second-order valence-electron chi connectivity index (χ2n) is 6.66. The summed E-state index contributed by atoms with van der Waals surface area (Å²) in [5.74, 6) is 0.251. The number of nitrogens with two attached hydrogens (primary N) is 1. The molecule has 0 spiro atoms. The number of benzene rings is 1. The van der Waals surface area contributed by atoms with E-state index < -0.39 is 5.92 Å². The van der Waals surface area contributed by atoms with Crippen LogP contribution < -0.4 is 5.73 Å². The summed E-state index contributed by atoms with van der Waals surface area (Å²) in [5, 5.41) is 9.86. The lowest BCUT2D eigenvalue weighted by atomic mass is 9.79. The number of hydrogen-bond acceptors (Lipinski definition) is 7. The van der Waals surface area contributed by atoms with Crippen molar-refractivity contribution in [3.8, 4) is 11.8 Å². The standard InChI is InChI=1S/C22H19N7O.C2H6/c1-14-19(21(25-2)16-10-27-12-28-11-16)20(18(9-23)22(24)30-14)15-3-5-17(6-4-15)29-8-7-26-13-29;1-2/h3-8,10-13,20H,24H2,1-2H3;1-2H3. The molecule has 2 N–H and O–H groups in total. The van der Waals surface area contributed by atoms with E-state index in [2.05, 4.69) is 26.0 Å². The van der Waals surface area contributed by atoms with Crippen molar-refractivity contribution in [1.29, 1.82) is 5.26 Å². The van der Waals surface area contributed by atoms with Crippen LogP contribution in [0.15, 0.2) is 89.5 Å². The van der Waals surface area contributed by atoms with Crippen LogP contribution >= 0.6 is 0 Å². The first kappa shape index (κ1) is 22.4. The molecule has 2 aromatic heterocycles. The Balaban J connectivity index is 0.00000141. The highest BCUT2D eigenvalue weighted by Gasteiger charge is 2.34. The van der Waals surface area contributed by atoms with E-state index in [1.165, 1.54) is 6.33 Å². The van der Waals surface area contributed by atoms with Crippen LogP contribution in [0.3, 0.4) is 0 Å². The van der Waals surface area contributed by atoms with Crippen LogP contribution in [-0.2, 0) is 4.74 Å². The molecule has 3 aromatic rings. The van der Waals surface area contributed by atoms with Crippen molar-refractivity contribution in [3.63, 3.8) is 0 Å². The van der Waals surface area contributed by atoms with E-state index in [-0.39, 0.29) is 5.88 Å². The van der Waals surface area contributed by atoms with E-state index in [0.717, 1.165) is 22.4 Å². The Morgan fingerprint density at radius 1 is 1.16 bits per heavy atom. The third-order valence-electron chi connectivity index (χ3n) is 4.95. The van der Waals surface area contributed by atoms with Crippen LogP contribution in [0.1, 0.15) is 37.8 Å². The summed E-state index contributed by atoms with van der Waals surface area (Å²) >= 11 is 0. The van der Waals surface area contributed by atoms with Gasteiger partial charge in [-0.1, -0.05) is 26.0 Å². The van der Waals surface area contributed by atoms with Gasteiger partial charge in [-0.05, 0) is 24.6 Å². The predicted molar refractivity (Wildman–Crippen MR) is 123 cm³/mol. The van der Waals surface area contributed by atoms with Crippen LogP contribution in [0.5, 0.6) is 0 Å². The third kappa shape index (κ3) is 4.27. The van der Waals surface area contributed by atoms with Crippen molar-refractivity contribution in [1.82, 2.24) is 19.5 Å². The quantitative estimate of drug-likeness (QED) is 0.632. The molecule has 0 aliphatic carbocycles. The van der Waals surface area contributed by atoms with Crippen molar-refractivity contribution in [2.24, 2.45) is 10.7 Å². The second-order valence-corrected chi connectivity index (χ2v) is 6.66. The fourth-order valence-corrected chi connectivity index (χ4v) is 3.60. The number of imidazole rings is 1. The average molecular weight is 428 g/mol. The molecule has 0 saturated carbocycles. The molecular weight excluding hydrogens is 402 g/mol. The molecule has 0 bridgehead atoms. The van der Waals surface area contributed by atoms with Gasteiger partial charge in [-0.15, -0.1) is 0 Å². The Bertz CT molecular complexity index is 1190. The van der Waals surface area contributed by atoms with E-state index in [1.54, 1.807) is 32.0 Å². The number of aromatic nitrogens is 4. The van der Waals surface area contributed by atoms with Crippen molar-refractivity contribution < 1.29 is 4.74 Å². The molecule has 0 radical (unpaired) electrons. The van der Waals surface area contributed by atoms with Crippen molar-refractivity contribution in [2.45, 2.75) is 26.7 Å². The molecule has 8 heteroatoms. The van der Waals surface area contributed by atoms with E-state index in [4.69, 9.17) is 10.5 Å². The number of allylic oxidation sites excluding steroid dienone is 3. The molecule has 1 aliphatic heterocycles. The van der Waals surface area contributed by atoms with E-state index in [1.807, 2.05) is 55.8 Å². The van der Waals surface area contributed by atoms with Crippen LogP contribution in [0.25, 0.3) is 5.69 Å². The molecule has 0 saturated heterocycles. The molecule has 0 fully saturated rings. The molecule has 1 unspecified atom stereocenters. The Kier molecular flexibility index (Phi) is 7.13. The Morgan fingerprint density at radius 2 is 1.84 bits per heavy atom. The highest BCUT2D eigenvalue weighted by atomic mass is 16.5. The normalized spacial score (nSPS) is 16.1. The zero-order valence-electron chi connectivity index (χ0n) is 18.5. The molecule has 1 aliphatic rings. The number of nitriles is 1. The van der Waals surface area contributed by atoms with Crippen LogP contribution in [0, 0.1) is 11.3 Å². The molecule has 3 heterocycles. The summed E-state index contributed by atoms with van der Waals surface area (Å²) < 4.78 is 7.63. The molecule has 1 atom stereocenters. The molecular formula is C24H25N7O. The fraction of sp³-hybridized carbons (Fsp3) is 0.208. The van der Waals surface area contributed by atoms with Gasteiger partial charge in [-0.2, -0.15) is 5.26 Å². The monoisotopic (exact) mass is 427 g/mol. The van der Waals surface area contributed by atoms with Gasteiger partial charge in [0.2, 0.25) is 5.88 Å². The summed E-state index contributed by atoms with van der Waals surface area (Å²) in [5.41, 5.74) is 10.4. The van der Waals surface area contributed by atoms with E-state index in [0.29, 0.717) is 17.0 Å². The maximum Gasteiger partial charge on any atom is 0.205 e. The summed E-state index contributed by atoms with van der Waals surface area (Å²) in [4.78, 5) is 16.8. The van der Waals surface area contributed by atoms with Crippen molar-refractivity contribution in [2.75, 3.05) is 7.05 Å². The maximum absolute atomic E-state index is 9.86. The minimum absolute atomic E-state index is 0.0993. The maximum atomic E-state index is 9.86. The predicted octanol–water partition coefficient (Wildman–Crippen LogP) is 3.89. The van der Waals surface area contributed by atoms with E-state index >= 15 is 0 Å². The number of ether oxygens (including phenoxy) is 1. The van der Waals surface area contributed by atoms with Gasteiger partial charge >= 0.3 is 0 Å². The number of rotatable bonds is 4. The highest BCUT2D eigenvalue weighted by molar-refractivity contribution is 6.14. The molecule has 162 valence electrons. The lowest BCUT2D eigenvalue weighted by Gasteiger charge is -2.29. The molecule has 0 amide bonds. The minimum Gasteiger partial charge on any atom is -0.445 e. The average Bonchev–Trinajstić information content (AvgIpc) is 3.38. The van der Waals surface area contributed by atoms with Gasteiger partial charge < -0.3 is 15.0 Å². The van der Waals surface area contributed by atoms with Crippen molar-refractivity contribution in [3.05, 3.63) is 95.6 Å². The Morgan fingerprint density at radius 3 is 2.41 bits per heavy atom. The Hall–Kier alpha value is -4.25. The topological polar surface area (TPSA) is 115 Å². The molecule has 32 heavy (non-hydrogen) atoms. The molecule has 1 aromatic carbocycles. The summed E-state index contributed by atoms with van der Waals surface area (Å²) in [6.07, 6.45) is 10.1. The molecule has 8 nitrogen and oxygen atoms in total. The van der Waals surface area contributed by atoms with Crippen LogP contribution in [-0.4, -0.2) is 32.3 Å². The minimum atomic E-state index is -0.431. The summed E-state index contributed by atoms with van der Waals surface area (Å²) in [6, 6.07) is 10.1. The van der Waals surface area contributed by atoms with Crippen LogP contribution in [0.2, 0.25) is 0 Å². The lowest BCUT2D eigenvalue weighted by molar-refractivity contribution is 0.284. The highest BCUT2D eigenvalue weighted by Crippen LogP contribution is 2.40. The smallest absolute Gasteiger partial charge is 0.205 e. The van der Waals surface area contributed by atoms with E-state index in [9.17, 15) is 5.26 Å². The van der Waals surface area contributed by atoms with Crippen LogP contribution in [0.4, 0.5) is 0 Å². The first-order valence-electron chi connectivity index (χ1n) is 10.2. The van der Waals surface area contributed by atoms with Gasteiger partial charge in [0.15, 0.2) is 0 Å². The number of hydrogen-bond donors (Lipinski definition) is 1. The lowest BCUT2D eigenvalue weighted by Crippen LogP contribution is -2.25. The fourth-order valence-electron chi connectivity index (χ4n) is 3.60. The Labute approximate surface area is 187 Å². The van der Waals surface area contributed by atoms with Gasteiger partial charge in [0, 0.05) is 48.7 Å². The number of aliphatic imine (C=N–C) groups is 1. The van der Waals surface area contributed by atoms with Gasteiger partial charge in [0.05, 0.1) is 18.0 Å². The summed E-state index contributed by atoms with van der Waals surface area (Å²) in [7, 11) is 1.69. The van der Waals surface area contributed by atoms with Gasteiger partial charge in [-0.25, -0.2) is 15.0 Å². The first-order valence-corrected chi connectivity index (χ1v) is 10.2. The van der Waals surface area contributed by atoms with Gasteiger partial charge in [-0.3, -0.25) is 4.99 Å². The van der Waals surface area contributed by atoms with Gasteiger partial charge in [0.1, 0.15) is 23.7 Å². The zero-order valence-corrected chi connectivity index (χ0v) is 18.5. The largest absolute Gasteiger partial charge is 0.445 e. The van der Waals surface area contributed by atoms with Crippen molar-refractivity contribution >= 4 is 5.71 Å². The second kappa shape index (κ2) is 10.2. The zero-order chi connectivity index (χ0) is 23.1. The number of nitrogens with zero attached hydrogens (tertiary/aromatic N) is 6. The summed E-state index contributed by atoms with van der Waals surface area (Å²) in [6.45, 7) is 5.82. The first-order chi connectivity index (χ1) is 15.6. The van der Waals surface area contributed by atoms with Gasteiger partial charge in [0.25, 0.3) is 0 Å². The molecule has 4 rings (SSSR count).